The topological polar surface area (TPSA) is 79.2 Å². The molecule has 0 aliphatic rings. The normalized spacial score (nSPS) is 12.0. The number of aryl methyl sites for hydroxylation is 1. The van der Waals surface area contributed by atoms with E-state index >= 15 is 0 Å². The van der Waals surface area contributed by atoms with E-state index in [-0.39, 0.29) is 11.8 Å². The summed E-state index contributed by atoms with van der Waals surface area (Å²) in [5.74, 6) is -0.901. The predicted octanol–water partition coefficient (Wildman–Crippen LogP) is 4.36. The third kappa shape index (κ3) is 5.95. The summed E-state index contributed by atoms with van der Waals surface area (Å²) in [5.41, 5.74) is 3.13. The van der Waals surface area contributed by atoms with Crippen LogP contribution in [-0.4, -0.2) is 18.0 Å². The maximum absolute atomic E-state index is 12.2. The Bertz CT molecular complexity index is 874. The summed E-state index contributed by atoms with van der Waals surface area (Å²) < 4.78 is 5.22. The lowest BCUT2D eigenvalue weighted by molar-refractivity contribution is -0.153. The Hall–Kier alpha value is -3.13. The summed E-state index contributed by atoms with van der Waals surface area (Å²) in [6.45, 7) is 7.98. The van der Waals surface area contributed by atoms with Crippen LogP contribution in [0.2, 0.25) is 0 Å². The number of nitrogens with one attached hydrogen (secondary N) is 1. The Balaban J connectivity index is 1.85. The highest BCUT2D eigenvalue weighted by Crippen LogP contribution is 2.22. The summed E-state index contributed by atoms with van der Waals surface area (Å²) in [7, 11) is 0. The SMILES string of the molecule is C[C@H](OC(=O)CCc1ccc(C(C)(C)C)cc1)C(=O)Nc1ccccc1C#N. The van der Waals surface area contributed by atoms with Gasteiger partial charge in [0.1, 0.15) is 6.07 Å². The quantitative estimate of drug-likeness (QED) is 0.758. The van der Waals surface area contributed by atoms with Gasteiger partial charge in [-0.25, -0.2) is 0 Å². The van der Waals surface area contributed by atoms with Gasteiger partial charge in [-0.3, -0.25) is 9.59 Å². The van der Waals surface area contributed by atoms with Gasteiger partial charge in [0.15, 0.2) is 6.10 Å². The Morgan fingerprint density at radius 3 is 2.36 bits per heavy atom. The lowest BCUT2D eigenvalue weighted by Crippen LogP contribution is -2.30. The van der Waals surface area contributed by atoms with Gasteiger partial charge in [-0.15, -0.1) is 0 Å². The maximum Gasteiger partial charge on any atom is 0.306 e. The number of nitriles is 1. The lowest BCUT2D eigenvalue weighted by Gasteiger charge is -2.19. The molecule has 0 fully saturated rings. The van der Waals surface area contributed by atoms with Gasteiger partial charge in [-0.05, 0) is 42.0 Å². The molecule has 5 nitrogen and oxygen atoms in total. The first kappa shape index (κ1) is 21.2. The second-order valence-corrected chi connectivity index (χ2v) is 7.73. The van der Waals surface area contributed by atoms with Crippen LogP contribution in [0.15, 0.2) is 48.5 Å². The molecule has 0 saturated heterocycles. The molecule has 0 spiro atoms. The molecule has 1 amide bonds. The molecule has 1 N–H and O–H groups in total. The highest BCUT2D eigenvalue weighted by atomic mass is 16.5. The Kier molecular flexibility index (Phi) is 6.94. The summed E-state index contributed by atoms with van der Waals surface area (Å²) >= 11 is 0. The van der Waals surface area contributed by atoms with Crippen molar-refractivity contribution >= 4 is 17.6 Å². The van der Waals surface area contributed by atoms with Crippen molar-refractivity contribution in [3.8, 4) is 6.07 Å². The first-order valence-electron chi connectivity index (χ1n) is 9.29. The zero-order valence-electron chi connectivity index (χ0n) is 16.8. The molecule has 0 heterocycles. The van der Waals surface area contributed by atoms with Crippen molar-refractivity contribution in [2.24, 2.45) is 0 Å². The van der Waals surface area contributed by atoms with Gasteiger partial charge in [-0.1, -0.05) is 57.2 Å². The number of anilines is 1. The van der Waals surface area contributed by atoms with E-state index in [4.69, 9.17) is 10.00 Å². The molecule has 0 radical (unpaired) electrons. The molecular formula is C23H26N2O3. The van der Waals surface area contributed by atoms with E-state index < -0.39 is 18.0 Å². The second kappa shape index (κ2) is 9.18. The van der Waals surface area contributed by atoms with Gasteiger partial charge in [0.25, 0.3) is 5.91 Å². The van der Waals surface area contributed by atoms with Crippen molar-refractivity contribution in [1.82, 2.24) is 0 Å². The van der Waals surface area contributed by atoms with Crippen molar-refractivity contribution < 1.29 is 14.3 Å². The third-order valence-electron chi connectivity index (χ3n) is 4.42. The van der Waals surface area contributed by atoms with Crippen LogP contribution >= 0.6 is 0 Å². The van der Waals surface area contributed by atoms with Gasteiger partial charge in [0, 0.05) is 6.42 Å². The second-order valence-electron chi connectivity index (χ2n) is 7.73. The Morgan fingerprint density at radius 1 is 1.11 bits per heavy atom. The van der Waals surface area contributed by atoms with Gasteiger partial charge < -0.3 is 10.1 Å². The molecule has 0 aliphatic heterocycles. The fraction of sp³-hybridized carbons (Fsp3) is 0.348. The average Bonchev–Trinajstić information content (AvgIpc) is 2.66. The molecule has 28 heavy (non-hydrogen) atoms. The largest absolute Gasteiger partial charge is 0.453 e. The van der Waals surface area contributed by atoms with Crippen LogP contribution in [-0.2, 0) is 26.2 Å². The molecule has 0 bridgehead atoms. The Morgan fingerprint density at radius 2 is 1.75 bits per heavy atom. The van der Waals surface area contributed by atoms with E-state index in [0.717, 1.165) is 5.56 Å². The maximum atomic E-state index is 12.2. The lowest BCUT2D eigenvalue weighted by atomic mass is 9.86. The minimum atomic E-state index is -0.942. The average molecular weight is 378 g/mol. The summed E-state index contributed by atoms with van der Waals surface area (Å²) in [6.07, 6.45) is -0.196. The van der Waals surface area contributed by atoms with Crippen LogP contribution < -0.4 is 5.32 Å². The number of hydrogen-bond acceptors (Lipinski definition) is 4. The van der Waals surface area contributed by atoms with Crippen LogP contribution in [0.25, 0.3) is 0 Å². The van der Waals surface area contributed by atoms with E-state index in [1.807, 2.05) is 18.2 Å². The standard InChI is InChI=1S/C23H26N2O3/c1-16(22(27)25-20-8-6-5-7-18(20)15-24)28-21(26)14-11-17-9-12-19(13-10-17)23(2,3)4/h5-10,12-13,16H,11,14H2,1-4H3,(H,25,27)/t16-/m0/s1. The van der Waals surface area contributed by atoms with Crippen molar-refractivity contribution in [2.75, 3.05) is 5.32 Å². The fourth-order valence-electron chi connectivity index (χ4n) is 2.65. The van der Waals surface area contributed by atoms with Gasteiger partial charge >= 0.3 is 5.97 Å². The monoisotopic (exact) mass is 378 g/mol. The van der Waals surface area contributed by atoms with Crippen molar-refractivity contribution in [3.05, 3.63) is 65.2 Å². The van der Waals surface area contributed by atoms with E-state index in [1.165, 1.54) is 12.5 Å². The highest BCUT2D eigenvalue weighted by molar-refractivity contribution is 5.96. The Labute approximate surface area is 166 Å². The number of esters is 1. The van der Waals surface area contributed by atoms with Crippen LogP contribution in [0.4, 0.5) is 5.69 Å². The van der Waals surface area contributed by atoms with E-state index in [9.17, 15) is 9.59 Å². The molecule has 0 aliphatic carbocycles. The number of rotatable bonds is 6. The number of hydrogen-bond donors (Lipinski definition) is 1. The van der Waals surface area contributed by atoms with Gasteiger partial charge in [0.2, 0.25) is 0 Å². The number of benzene rings is 2. The number of para-hydroxylation sites is 1. The number of amides is 1. The first-order chi connectivity index (χ1) is 13.2. The summed E-state index contributed by atoms with van der Waals surface area (Å²) in [6, 6.07) is 16.9. The van der Waals surface area contributed by atoms with E-state index in [1.54, 1.807) is 24.3 Å². The molecule has 5 heteroatoms. The van der Waals surface area contributed by atoms with Gasteiger partial charge in [0.05, 0.1) is 11.3 Å². The minimum Gasteiger partial charge on any atom is -0.453 e. The molecule has 146 valence electrons. The van der Waals surface area contributed by atoms with Crippen molar-refractivity contribution in [2.45, 2.75) is 52.1 Å². The van der Waals surface area contributed by atoms with Gasteiger partial charge in [-0.2, -0.15) is 5.26 Å². The van der Waals surface area contributed by atoms with Crippen LogP contribution in [0.1, 0.15) is 50.8 Å². The summed E-state index contributed by atoms with van der Waals surface area (Å²) in [4.78, 5) is 24.3. The zero-order chi connectivity index (χ0) is 20.7. The number of carbonyl (C=O) groups excluding carboxylic acids is 2. The van der Waals surface area contributed by atoms with Crippen molar-refractivity contribution in [3.63, 3.8) is 0 Å². The predicted molar refractivity (Wildman–Crippen MR) is 109 cm³/mol. The first-order valence-corrected chi connectivity index (χ1v) is 9.29. The molecule has 2 rings (SSSR count). The van der Waals surface area contributed by atoms with Crippen LogP contribution in [0.3, 0.4) is 0 Å². The fourth-order valence-corrected chi connectivity index (χ4v) is 2.65. The smallest absolute Gasteiger partial charge is 0.306 e. The van der Waals surface area contributed by atoms with Crippen molar-refractivity contribution in [1.29, 1.82) is 5.26 Å². The van der Waals surface area contributed by atoms with Crippen LogP contribution in [0.5, 0.6) is 0 Å². The molecule has 2 aromatic carbocycles. The molecule has 2 aromatic rings. The summed E-state index contributed by atoms with van der Waals surface area (Å²) in [5, 5.41) is 11.7. The molecule has 0 unspecified atom stereocenters. The third-order valence-corrected chi connectivity index (χ3v) is 4.42. The molecule has 1 atom stereocenters. The highest BCUT2D eigenvalue weighted by Gasteiger charge is 2.19. The molecule has 0 saturated carbocycles. The van der Waals surface area contributed by atoms with E-state index in [2.05, 4.69) is 38.2 Å². The van der Waals surface area contributed by atoms with Crippen LogP contribution in [0, 0.1) is 11.3 Å². The number of ether oxygens (including phenoxy) is 1. The zero-order valence-corrected chi connectivity index (χ0v) is 16.8. The molecular weight excluding hydrogens is 352 g/mol. The molecule has 0 aromatic heterocycles. The number of nitrogens with zero attached hydrogens (tertiary/aromatic N) is 1. The van der Waals surface area contributed by atoms with E-state index in [0.29, 0.717) is 17.7 Å². The number of carbonyl (C=O) groups is 2. The minimum absolute atomic E-state index is 0.0877.